The Bertz CT molecular complexity index is 1300. The van der Waals surface area contributed by atoms with E-state index in [4.69, 9.17) is 23.7 Å². The molecule has 0 unspecified atom stereocenters. The summed E-state index contributed by atoms with van der Waals surface area (Å²) in [5.74, 6) is 0.617. The maximum absolute atomic E-state index is 10.7. The van der Waals surface area contributed by atoms with Crippen LogP contribution in [-0.4, -0.2) is 111 Å². The molecule has 206 valence electrons. The summed E-state index contributed by atoms with van der Waals surface area (Å²) in [4.78, 5) is 0. The number of rotatable bonds is 7. The van der Waals surface area contributed by atoms with Crippen LogP contribution in [-0.2, 0) is 14.2 Å². The van der Waals surface area contributed by atoms with Gasteiger partial charge in [-0.2, -0.15) is 0 Å². The molecular formula is C26H30O12. The van der Waals surface area contributed by atoms with Crippen LogP contribution < -0.4 is 9.47 Å². The van der Waals surface area contributed by atoms with Crippen molar-refractivity contribution >= 4 is 21.5 Å². The Morgan fingerprint density at radius 2 is 1.71 bits per heavy atom. The second kappa shape index (κ2) is 10.4. The largest absolute Gasteiger partial charge is 0.507 e. The van der Waals surface area contributed by atoms with E-state index in [9.17, 15) is 35.7 Å². The molecule has 0 spiro atoms. The predicted molar refractivity (Wildman–Crippen MR) is 131 cm³/mol. The number of hydrogen-bond donors (Lipinski definition) is 7. The fourth-order valence-corrected chi connectivity index (χ4v) is 4.77. The molecule has 0 bridgehead atoms. The van der Waals surface area contributed by atoms with Crippen LogP contribution in [0.4, 0.5) is 0 Å². The molecule has 3 aromatic carbocycles. The lowest BCUT2D eigenvalue weighted by molar-refractivity contribution is -0.289. The Labute approximate surface area is 216 Å². The molecule has 0 radical (unpaired) electrons. The summed E-state index contributed by atoms with van der Waals surface area (Å²) in [5.41, 5.74) is -1.90. The molecule has 0 aliphatic carbocycles. The first-order valence-electron chi connectivity index (χ1n) is 12.0. The molecule has 0 saturated carbocycles. The number of methoxy groups -OCH3 is 1. The van der Waals surface area contributed by atoms with Crippen molar-refractivity contribution in [2.75, 3.05) is 26.9 Å². The number of phenols is 1. The third-order valence-corrected chi connectivity index (χ3v) is 7.03. The van der Waals surface area contributed by atoms with Gasteiger partial charge in [-0.1, -0.05) is 24.3 Å². The van der Waals surface area contributed by atoms with Crippen molar-refractivity contribution in [2.24, 2.45) is 0 Å². The molecule has 0 amide bonds. The molecule has 12 nitrogen and oxygen atoms in total. The van der Waals surface area contributed by atoms with Gasteiger partial charge in [-0.05, 0) is 22.9 Å². The van der Waals surface area contributed by atoms with Gasteiger partial charge in [0.1, 0.15) is 53.4 Å². The first kappa shape index (κ1) is 26.8. The Morgan fingerprint density at radius 3 is 2.42 bits per heavy atom. The second-order valence-electron chi connectivity index (χ2n) is 9.52. The monoisotopic (exact) mass is 534 g/mol. The Morgan fingerprint density at radius 1 is 0.947 bits per heavy atom. The zero-order valence-electron chi connectivity index (χ0n) is 20.4. The molecule has 2 saturated heterocycles. The lowest BCUT2D eigenvalue weighted by Gasteiger charge is -2.40. The molecule has 38 heavy (non-hydrogen) atoms. The SMILES string of the molecule is COc1cc(O[C@@H]2O[C@H](CO[C@H]3OC[C@](O)(CO)[C@H]3O)[C@@H](O)[C@H](O)[C@H]2O)c2c(ccc3cccc(O)c32)c1. The first-order chi connectivity index (χ1) is 18.2. The molecule has 12 heteroatoms. The highest BCUT2D eigenvalue weighted by Gasteiger charge is 2.50. The normalized spacial score (nSPS) is 33.6. The molecule has 3 aromatic rings. The number of benzene rings is 3. The van der Waals surface area contributed by atoms with Crippen molar-refractivity contribution in [3.8, 4) is 17.2 Å². The van der Waals surface area contributed by atoms with Gasteiger partial charge in [0.2, 0.25) is 6.29 Å². The predicted octanol–water partition coefficient (Wildman–Crippen LogP) is -0.649. The van der Waals surface area contributed by atoms with E-state index in [1.165, 1.54) is 13.2 Å². The van der Waals surface area contributed by atoms with Crippen molar-refractivity contribution in [1.82, 2.24) is 0 Å². The number of phenolic OH excluding ortho intramolecular Hbond substituents is 1. The van der Waals surface area contributed by atoms with Crippen LogP contribution in [0.5, 0.6) is 17.2 Å². The zero-order chi connectivity index (χ0) is 27.2. The molecule has 7 N–H and O–H groups in total. The quantitative estimate of drug-likeness (QED) is 0.190. The lowest BCUT2D eigenvalue weighted by atomic mass is 9.98. The Balaban J connectivity index is 1.43. The van der Waals surface area contributed by atoms with E-state index in [-0.39, 0.29) is 18.1 Å². The van der Waals surface area contributed by atoms with Crippen molar-refractivity contribution in [2.45, 2.75) is 48.7 Å². The standard InChI is InChI=1S/C26H30O12/c1-34-14-7-13-6-5-12-3-2-4-15(28)18(12)19(13)16(8-14)37-24-22(31)21(30)20(29)17(38-24)9-35-25-23(32)26(33,10-27)11-36-25/h2-8,17,20-25,27-33H,9-11H2,1H3/t17-,20-,21+,22-,23+,24-,25+,26-/m1/s1. The van der Waals surface area contributed by atoms with E-state index in [1.807, 2.05) is 18.2 Å². The van der Waals surface area contributed by atoms with Gasteiger partial charge >= 0.3 is 0 Å². The minimum Gasteiger partial charge on any atom is -0.507 e. The molecule has 2 aliphatic rings. The van der Waals surface area contributed by atoms with Crippen LogP contribution in [0, 0.1) is 0 Å². The summed E-state index contributed by atoms with van der Waals surface area (Å²) in [7, 11) is 1.47. The summed E-state index contributed by atoms with van der Waals surface area (Å²) < 4.78 is 27.8. The fourth-order valence-electron chi connectivity index (χ4n) is 4.77. The van der Waals surface area contributed by atoms with Crippen LogP contribution in [0.2, 0.25) is 0 Å². The van der Waals surface area contributed by atoms with Gasteiger partial charge < -0.3 is 59.4 Å². The maximum atomic E-state index is 10.7. The first-order valence-corrected chi connectivity index (χ1v) is 12.0. The zero-order valence-corrected chi connectivity index (χ0v) is 20.4. The van der Waals surface area contributed by atoms with E-state index in [0.29, 0.717) is 21.9 Å². The van der Waals surface area contributed by atoms with Crippen molar-refractivity contribution < 1.29 is 59.4 Å². The number of ether oxygens (including phenoxy) is 5. The van der Waals surface area contributed by atoms with E-state index >= 15 is 0 Å². The molecule has 5 rings (SSSR count). The van der Waals surface area contributed by atoms with E-state index in [0.717, 1.165) is 5.39 Å². The van der Waals surface area contributed by atoms with Crippen LogP contribution in [0.3, 0.4) is 0 Å². The molecular weight excluding hydrogens is 504 g/mol. The highest BCUT2D eigenvalue weighted by molar-refractivity contribution is 6.13. The maximum Gasteiger partial charge on any atom is 0.229 e. The highest BCUT2D eigenvalue weighted by Crippen LogP contribution is 2.41. The number of aromatic hydroxyl groups is 1. The summed E-state index contributed by atoms with van der Waals surface area (Å²) in [6.45, 7) is -1.55. The van der Waals surface area contributed by atoms with Crippen LogP contribution in [0.15, 0.2) is 42.5 Å². The van der Waals surface area contributed by atoms with Gasteiger partial charge in [-0.3, -0.25) is 0 Å². The van der Waals surface area contributed by atoms with Crippen LogP contribution in [0.25, 0.3) is 21.5 Å². The van der Waals surface area contributed by atoms with Gasteiger partial charge in [0.25, 0.3) is 0 Å². The van der Waals surface area contributed by atoms with E-state index in [2.05, 4.69) is 0 Å². The summed E-state index contributed by atoms with van der Waals surface area (Å²) in [5, 5.41) is 74.3. The summed E-state index contributed by atoms with van der Waals surface area (Å²) >= 11 is 0. The number of hydrogen-bond acceptors (Lipinski definition) is 12. The Hall–Kier alpha value is -2.78. The number of aliphatic hydroxyl groups excluding tert-OH is 5. The van der Waals surface area contributed by atoms with Gasteiger partial charge in [-0.25, -0.2) is 0 Å². The van der Waals surface area contributed by atoms with Gasteiger partial charge in [-0.15, -0.1) is 0 Å². The topological polar surface area (TPSA) is 188 Å². The van der Waals surface area contributed by atoms with E-state index < -0.39 is 61.9 Å². The minimum absolute atomic E-state index is 0.00733. The molecule has 2 fully saturated rings. The molecule has 0 aromatic heterocycles. The third kappa shape index (κ3) is 4.64. The minimum atomic E-state index is -1.90. The summed E-state index contributed by atoms with van der Waals surface area (Å²) in [6.07, 6.45) is -10.6. The molecule has 2 heterocycles. The Kier molecular flexibility index (Phi) is 7.35. The third-order valence-electron chi connectivity index (χ3n) is 7.03. The van der Waals surface area contributed by atoms with Crippen molar-refractivity contribution in [1.29, 1.82) is 0 Å². The summed E-state index contributed by atoms with van der Waals surface area (Å²) in [6, 6.07) is 12.0. The average Bonchev–Trinajstić information content (AvgIpc) is 3.21. The highest BCUT2D eigenvalue weighted by atomic mass is 16.7. The number of aliphatic hydroxyl groups is 6. The van der Waals surface area contributed by atoms with E-state index in [1.54, 1.807) is 18.2 Å². The van der Waals surface area contributed by atoms with Crippen LogP contribution in [0.1, 0.15) is 0 Å². The number of fused-ring (bicyclic) bond motifs is 3. The van der Waals surface area contributed by atoms with Gasteiger partial charge in [0.05, 0.1) is 26.9 Å². The van der Waals surface area contributed by atoms with Gasteiger partial charge in [0, 0.05) is 16.8 Å². The van der Waals surface area contributed by atoms with Gasteiger partial charge in [0.15, 0.2) is 6.29 Å². The average molecular weight is 535 g/mol. The van der Waals surface area contributed by atoms with Crippen molar-refractivity contribution in [3.63, 3.8) is 0 Å². The molecule has 2 aliphatic heterocycles. The second-order valence-corrected chi connectivity index (χ2v) is 9.52. The molecule has 8 atom stereocenters. The van der Waals surface area contributed by atoms with Crippen LogP contribution >= 0.6 is 0 Å². The smallest absolute Gasteiger partial charge is 0.229 e. The fraction of sp³-hybridized carbons (Fsp3) is 0.462. The van der Waals surface area contributed by atoms with Crippen molar-refractivity contribution in [3.05, 3.63) is 42.5 Å². The lowest BCUT2D eigenvalue weighted by Crippen LogP contribution is -2.60.